The van der Waals surface area contributed by atoms with Crippen molar-refractivity contribution in [1.29, 1.82) is 0 Å². The largest absolute Gasteiger partial charge is 0.398 e. The van der Waals surface area contributed by atoms with Crippen LogP contribution in [0.3, 0.4) is 0 Å². The molecule has 3 N–H and O–H groups in total. The molecule has 2 aromatic carbocycles. The van der Waals surface area contributed by atoms with E-state index in [0.29, 0.717) is 16.3 Å². The van der Waals surface area contributed by atoms with Gasteiger partial charge in [0.2, 0.25) is 0 Å². The normalized spacial score (nSPS) is 12.5. The molecule has 3 aromatic rings. The molecular formula is C16H13ClN2O. The van der Waals surface area contributed by atoms with Crippen molar-refractivity contribution in [2.75, 3.05) is 5.73 Å². The Morgan fingerprint density at radius 1 is 1.05 bits per heavy atom. The lowest BCUT2D eigenvalue weighted by Crippen LogP contribution is -2.04. The van der Waals surface area contributed by atoms with Gasteiger partial charge in [-0.25, -0.2) is 0 Å². The van der Waals surface area contributed by atoms with Crippen molar-refractivity contribution in [3.63, 3.8) is 0 Å². The highest BCUT2D eigenvalue weighted by Crippen LogP contribution is 2.32. The first-order chi connectivity index (χ1) is 9.66. The fraction of sp³-hybridized carbons (Fsp3) is 0.0625. The molecule has 1 unspecified atom stereocenters. The maximum absolute atomic E-state index is 10.6. The van der Waals surface area contributed by atoms with E-state index in [1.807, 2.05) is 30.3 Å². The minimum Gasteiger partial charge on any atom is -0.398 e. The van der Waals surface area contributed by atoms with Crippen LogP contribution in [0.1, 0.15) is 17.2 Å². The maximum Gasteiger partial charge on any atom is 0.107 e. The third kappa shape index (κ3) is 2.22. The van der Waals surface area contributed by atoms with E-state index >= 15 is 0 Å². The number of aliphatic hydroxyl groups excluding tert-OH is 1. The molecule has 3 nitrogen and oxygen atoms in total. The number of nitrogen functional groups attached to an aromatic ring is 1. The molecule has 0 amide bonds. The number of aliphatic hydroxyl groups is 1. The van der Waals surface area contributed by atoms with Crippen molar-refractivity contribution in [2.24, 2.45) is 0 Å². The molecule has 3 rings (SSSR count). The topological polar surface area (TPSA) is 59.1 Å². The molecule has 20 heavy (non-hydrogen) atoms. The third-order valence-corrected chi connectivity index (χ3v) is 3.55. The van der Waals surface area contributed by atoms with Crippen LogP contribution in [-0.4, -0.2) is 10.1 Å². The first kappa shape index (κ1) is 12.9. The Kier molecular flexibility index (Phi) is 3.30. The Morgan fingerprint density at radius 2 is 1.90 bits per heavy atom. The Morgan fingerprint density at radius 3 is 2.70 bits per heavy atom. The molecular weight excluding hydrogens is 272 g/mol. The maximum atomic E-state index is 10.6. The van der Waals surface area contributed by atoms with Crippen LogP contribution in [0.5, 0.6) is 0 Å². The molecule has 1 atom stereocenters. The summed E-state index contributed by atoms with van der Waals surface area (Å²) in [6.45, 7) is 0. The van der Waals surface area contributed by atoms with Gasteiger partial charge in [0.15, 0.2) is 0 Å². The van der Waals surface area contributed by atoms with Gasteiger partial charge in [-0.3, -0.25) is 4.98 Å². The summed E-state index contributed by atoms with van der Waals surface area (Å²) in [5, 5.41) is 12.1. The number of halogens is 1. The van der Waals surface area contributed by atoms with Gasteiger partial charge in [-0.05, 0) is 29.8 Å². The van der Waals surface area contributed by atoms with E-state index in [2.05, 4.69) is 4.98 Å². The van der Waals surface area contributed by atoms with E-state index in [4.69, 9.17) is 17.3 Å². The molecule has 0 aliphatic rings. The smallest absolute Gasteiger partial charge is 0.107 e. The van der Waals surface area contributed by atoms with Crippen LogP contribution in [0.15, 0.2) is 54.7 Å². The Labute approximate surface area is 121 Å². The number of benzene rings is 2. The summed E-state index contributed by atoms with van der Waals surface area (Å²) < 4.78 is 0. The SMILES string of the molecule is Nc1cc(Cl)ccc1C(O)c1cccc2ncccc12. The molecule has 0 radical (unpaired) electrons. The van der Waals surface area contributed by atoms with Crippen LogP contribution in [0.4, 0.5) is 5.69 Å². The first-order valence-electron chi connectivity index (χ1n) is 6.23. The van der Waals surface area contributed by atoms with E-state index in [9.17, 15) is 5.11 Å². The summed E-state index contributed by atoms with van der Waals surface area (Å²) in [5.41, 5.74) is 8.69. The second-order valence-electron chi connectivity index (χ2n) is 4.59. The Hall–Kier alpha value is -2.10. The summed E-state index contributed by atoms with van der Waals surface area (Å²) in [6.07, 6.45) is 0.926. The molecule has 100 valence electrons. The fourth-order valence-electron chi connectivity index (χ4n) is 2.33. The number of fused-ring (bicyclic) bond motifs is 1. The number of aromatic nitrogens is 1. The van der Waals surface area contributed by atoms with Gasteiger partial charge < -0.3 is 10.8 Å². The van der Waals surface area contributed by atoms with Gasteiger partial charge >= 0.3 is 0 Å². The molecule has 0 saturated heterocycles. The van der Waals surface area contributed by atoms with Crippen molar-refractivity contribution >= 4 is 28.2 Å². The summed E-state index contributed by atoms with van der Waals surface area (Å²) in [7, 11) is 0. The minimum absolute atomic E-state index is 0.478. The number of nitrogens with zero attached hydrogens (tertiary/aromatic N) is 1. The summed E-state index contributed by atoms with van der Waals surface area (Å²) in [6, 6.07) is 14.6. The third-order valence-electron chi connectivity index (χ3n) is 3.32. The highest BCUT2D eigenvalue weighted by atomic mass is 35.5. The summed E-state index contributed by atoms with van der Waals surface area (Å²) >= 11 is 5.89. The van der Waals surface area contributed by atoms with E-state index < -0.39 is 6.10 Å². The van der Waals surface area contributed by atoms with Crippen LogP contribution in [0.25, 0.3) is 10.9 Å². The molecule has 0 saturated carbocycles. The van der Waals surface area contributed by atoms with Gasteiger partial charge in [-0.1, -0.05) is 35.9 Å². The highest BCUT2D eigenvalue weighted by Gasteiger charge is 2.16. The van der Waals surface area contributed by atoms with Crippen LogP contribution < -0.4 is 5.73 Å². The molecule has 0 spiro atoms. The van der Waals surface area contributed by atoms with Crippen molar-refractivity contribution in [2.45, 2.75) is 6.10 Å². The van der Waals surface area contributed by atoms with Crippen LogP contribution >= 0.6 is 11.6 Å². The monoisotopic (exact) mass is 284 g/mol. The van der Waals surface area contributed by atoms with Gasteiger partial charge in [0, 0.05) is 27.9 Å². The lowest BCUT2D eigenvalue weighted by Gasteiger charge is -2.16. The van der Waals surface area contributed by atoms with E-state index in [-0.39, 0.29) is 0 Å². The molecule has 1 heterocycles. The molecule has 4 heteroatoms. The zero-order valence-electron chi connectivity index (χ0n) is 10.6. The predicted octanol–water partition coefficient (Wildman–Crippen LogP) is 3.55. The lowest BCUT2D eigenvalue weighted by molar-refractivity contribution is 0.222. The number of rotatable bonds is 2. The van der Waals surface area contributed by atoms with Crippen LogP contribution in [-0.2, 0) is 0 Å². The van der Waals surface area contributed by atoms with Crippen molar-refractivity contribution in [1.82, 2.24) is 4.98 Å². The Balaban J connectivity index is 2.15. The second kappa shape index (κ2) is 5.12. The Bertz CT molecular complexity index is 768. The molecule has 1 aromatic heterocycles. The molecule has 0 fully saturated rings. The number of hydrogen-bond donors (Lipinski definition) is 2. The standard InChI is InChI=1S/C16H13ClN2O/c17-10-6-7-13(14(18)9-10)16(20)12-3-1-5-15-11(12)4-2-8-19-15/h1-9,16,20H,18H2. The highest BCUT2D eigenvalue weighted by molar-refractivity contribution is 6.30. The second-order valence-corrected chi connectivity index (χ2v) is 5.03. The van der Waals surface area contributed by atoms with Crippen molar-refractivity contribution in [3.8, 4) is 0 Å². The van der Waals surface area contributed by atoms with Gasteiger partial charge in [-0.2, -0.15) is 0 Å². The van der Waals surface area contributed by atoms with Gasteiger partial charge in [0.25, 0.3) is 0 Å². The molecule has 0 aliphatic heterocycles. The average Bonchev–Trinajstić information content (AvgIpc) is 2.46. The van der Waals surface area contributed by atoms with E-state index in [1.165, 1.54) is 0 Å². The average molecular weight is 285 g/mol. The zero-order valence-corrected chi connectivity index (χ0v) is 11.4. The van der Waals surface area contributed by atoms with E-state index in [0.717, 1.165) is 16.5 Å². The quantitative estimate of drug-likeness (QED) is 0.708. The number of pyridine rings is 1. The van der Waals surface area contributed by atoms with E-state index in [1.54, 1.807) is 24.4 Å². The molecule has 0 bridgehead atoms. The lowest BCUT2D eigenvalue weighted by atomic mass is 9.96. The first-order valence-corrected chi connectivity index (χ1v) is 6.61. The molecule has 0 aliphatic carbocycles. The van der Waals surface area contributed by atoms with Gasteiger partial charge in [0.1, 0.15) is 6.10 Å². The predicted molar refractivity (Wildman–Crippen MR) is 81.7 cm³/mol. The summed E-state index contributed by atoms with van der Waals surface area (Å²) in [4.78, 5) is 4.29. The summed E-state index contributed by atoms with van der Waals surface area (Å²) in [5.74, 6) is 0. The van der Waals surface area contributed by atoms with Gasteiger partial charge in [0.05, 0.1) is 5.52 Å². The van der Waals surface area contributed by atoms with Crippen molar-refractivity contribution < 1.29 is 5.11 Å². The minimum atomic E-state index is -0.805. The number of anilines is 1. The number of nitrogens with two attached hydrogens (primary N) is 1. The zero-order chi connectivity index (χ0) is 14.1. The van der Waals surface area contributed by atoms with Gasteiger partial charge in [-0.15, -0.1) is 0 Å². The van der Waals surface area contributed by atoms with Crippen molar-refractivity contribution in [3.05, 3.63) is 70.9 Å². The van der Waals surface area contributed by atoms with Crippen LogP contribution in [0, 0.1) is 0 Å². The van der Waals surface area contributed by atoms with Crippen LogP contribution in [0.2, 0.25) is 5.02 Å². The number of hydrogen-bond acceptors (Lipinski definition) is 3. The fourth-order valence-corrected chi connectivity index (χ4v) is 2.51.